The summed E-state index contributed by atoms with van der Waals surface area (Å²) in [7, 11) is 1.56. The standard InChI is InChI=1S/C20H19N3O3/c1-11(24)22-18-9-15-14(12-5-6-12)8-16(13-4-3-7-21-20(13)25)23-17(15)10-19(18)26-2/h3-4,7-10,12H,5-6H2,1-2H3,(H,21,25)(H,22,24). The molecular weight excluding hydrogens is 330 g/mol. The van der Waals surface area contributed by atoms with E-state index in [-0.39, 0.29) is 11.5 Å². The number of carbonyl (C=O) groups is 1. The fraction of sp³-hybridized carbons (Fsp3) is 0.250. The van der Waals surface area contributed by atoms with Gasteiger partial charge < -0.3 is 15.0 Å². The summed E-state index contributed by atoms with van der Waals surface area (Å²) in [6, 6.07) is 9.28. The molecule has 0 spiro atoms. The van der Waals surface area contributed by atoms with Gasteiger partial charge in [-0.15, -0.1) is 0 Å². The number of H-pyrrole nitrogens is 1. The quantitative estimate of drug-likeness (QED) is 0.756. The van der Waals surface area contributed by atoms with Crippen molar-refractivity contribution in [2.75, 3.05) is 12.4 Å². The molecule has 0 saturated heterocycles. The Kier molecular flexibility index (Phi) is 3.95. The maximum atomic E-state index is 12.2. The van der Waals surface area contributed by atoms with E-state index in [0.29, 0.717) is 28.6 Å². The Balaban J connectivity index is 1.97. The Morgan fingerprint density at radius 3 is 2.77 bits per heavy atom. The van der Waals surface area contributed by atoms with Crippen molar-refractivity contribution >= 4 is 22.5 Å². The fourth-order valence-corrected chi connectivity index (χ4v) is 3.23. The second kappa shape index (κ2) is 6.29. The van der Waals surface area contributed by atoms with Crippen LogP contribution in [0.3, 0.4) is 0 Å². The van der Waals surface area contributed by atoms with Gasteiger partial charge >= 0.3 is 0 Å². The molecule has 2 aromatic heterocycles. The van der Waals surface area contributed by atoms with Gasteiger partial charge in [0.25, 0.3) is 5.56 Å². The molecule has 0 atom stereocenters. The number of benzene rings is 1. The van der Waals surface area contributed by atoms with Crippen LogP contribution in [0.25, 0.3) is 22.2 Å². The van der Waals surface area contributed by atoms with Gasteiger partial charge in [0.2, 0.25) is 5.91 Å². The second-order valence-electron chi connectivity index (χ2n) is 6.53. The highest BCUT2D eigenvalue weighted by molar-refractivity contribution is 5.97. The predicted octanol–water partition coefficient (Wildman–Crippen LogP) is 3.43. The number of rotatable bonds is 4. The topological polar surface area (TPSA) is 84.1 Å². The van der Waals surface area contributed by atoms with Crippen LogP contribution >= 0.6 is 0 Å². The van der Waals surface area contributed by atoms with Gasteiger partial charge in [-0.2, -0.15) is 0 Å². The number of nitrogens with one attached hydrogen (secondary N) is 2. The molecular formula is C20H19N3O3. The monoisotopic (exact) mass is 349 g/mol. The number of ether oxygens (including phenoxy) is 1. The third kappa shape index (κ3) is 2.94. The Hall–Kier alpha value is -3.15. The predicted molar refractivity (Wildman–Crippen MR) is 101 cm³/mol. The summed E-state index contributed by atoms with van der Waals surface area (Å²) in [5.41, 5.74) is 3.56. The molecule has 1 aromatic carbocycles. The van der Waals surface area contributed by atoms with E-state index in [1.54, 1.807) is 25.4 Å². The molecule has 6 heteroatoms. The van der Waals surface area contributed by atoms with Gasteiger partial charge in [-0.3, -0.25) is 9.59 Å². The van der Waals surface area contributed by atoms with Gasteiger partial charge in [-0.05, 0) is 48.6 Å². The Morgan fingerprint density at radius 1 is 1.31 bits per heavy atom. The van der Waals surface area contributed by atoms with Gasteiger partial charge in [-0.25, -0.2) is 4.98 Å². The lowest BCUT2D eigenvalue weighted by molar-refractivity contribution is -0.114. The third-order valence-corrected chi connectivity index (χ3v) is 4.58. The molecule has 1 saturated carbocycles. The van der Waals surface area contributed by atoms with E-state index in [4.69, 9.17) is 9.72 Å². The fourth-order valence-electron chi connectivity index (χ4n) is 3.23. The van der Waals surface area contributed by atoms with Gasteiger partial charge in [0.15, 0.2) is 0 Å². The van der Waals surface area contributed by atoms with Gasteiger partial charge in [-0.1, -0.05) is 0 Å². The van der Waals surface area contributed by atoms with Crippen molar-refractivity contribution in [1.82, 2.24) is 9.97 Å². The van der Waals surface area contributed by atoms with Crippen LogP contribution in [0.1, 0.15) is 31.2 Å². The maximum absolute atomic E-state index is 12.2. The molecule has 4 rings (SSSR count). The zero-order valence-electron chi connectivity index (χ0n) is 14.6. The number of nitrogens with zero attached hydrogens (tertiary/aromatic N) is 1. The number of fused-ring (bicyclic) bond motifs is 1. The van der Waals surface area contributed by atoms with E-state index in [0.717, 1.165) is 29.3 Å². The Morgan fingerprint density at radius 2 is 2.12 bits per heavy atom. The van der Waals surface area contributed by atoms with E-state index < -0.39 is 0 Å². The summed E-state index contributed by atoms with van der Waals surface area (Å²) >= 11 is 0. The number of aromatic nitrogens is 2. The summed E-state index contributed by atoms with van der Waals surface area (Å²) < 4.78 is 5.42. The molecule has 0 aliphatic heterocycles. The molecule has 0 unspecified atom stereocenters. The minimum Gasteiger partial charge on any atom is -0.494 e. The first kappa shape index (κ1) is 16.3. The first-order chi connectivity index (χ1) is 12.6. The normalized spacial score (nSPS) is 13.6. The van der Waals surface area contributed by atoms with Crippen LogP contribution in [-0.2, 0) is 4.79 Å². The smallest absolute Gasteiger partial charge is 0.257 e. The Bertz CT molecular complexity index is 1070. The van der Waals surface area contributed by atoms with Crippen molar-refractivity contribution in [3.63, 3.8) is 0 Å². The zero-order valence-corrected chi connectivity index (χ0v) is 14.6. The number of methoxy groups -OCH3 is 1. The summed E-state index contributed by atoms with van der Waals surface area (Å²) in [6.45, 7) is 1.47. The van der Waals surface area contributed by atoms with Crippen molar-refractivity contribution in [1.29, 1.82) is 0 Å². The summed E-state index contributed by atoms with van der Waals surface area (Å²) in [6.07, 6.45) is 3.84. The molecule has 3 aromatic rings. The molecule has 26 heavy (non-hydrogen) atoms. The molecule has 1 fully saturated rings. The van der Waals surface area contributed by atoms with Crippen LogP contribution in [0.15, 0.2) is 41.3 Å². The number of aromatic amines is 1. The molecule has 1 aliphatic rings. The lowest BCUT2D eigenvalue weighted by Gasteiger charge is -2.14. The number of anilines is 1. The summed E-state index contributed by atoms with van der Waals surface area (Å²) in [5, 5.41) is 3.79. The van der Waals surface area contributed by atoms with E-state index in [1.807, 2.05) is 18.2 Å². The van der Waals surface area contributed by atoms with E-state index in [1.165, 1.54) is 6.92 Å². The molecule has 1 aliphatic carbocycles. The maximum Gasteiger partial charge on any atom is 0.257 e. The number of hydrogen-bond donors (Lipinski definition) is 2. The number of carbonyl (C=O) groups excluding carboxylic acids is 1. The first-order valence-electron chi connectivity index (χ1n) is 8.55. The van der Waals surface area contributed by atoms with Crippen LogP contribution in [-0.4, -0.2) is 23.0 Å². The molecule has 0 radical (unpaired) electrons. The van der Waals surface area contributed by atoms with Gasteiger partial charge in [0, 0.05) is 24.6 Å². The lowest BCUT2D eigenvalue weighted by Crippen LogP contribution is -2.09. The van der Waals surface area contributed by atoms with Crippen LogP contribution in [0, 0.1) is 0 Å². The highest BCUT2D eigenvalue weighted by Gasteiger charge is 2.27. The molecule has 2 heterocycles. The largest absolute Gasteiger partial charge is 0.494 e. The SMILES string of the molecule is COc1cc2nc(-c3ccc[nH]c3=O)cc(C3CC3)c2cc1NC(C)=O. The van der Waals surface area contributed by atoms with Gasteiger partial charge in [0.05, 0.1) is 29.6 Å². The lowest BCUT2D eigenvalue weighted by atomic mass is 10.0. The Labute approximate surface area is 150 Å². The van der Waals surface area contributed by atoms with Crippen molar-refractivity contribution in [2.24, 2.45) is 0 Å². The van der Waals surface area contributed by atoms with Crippen molar-refractivity contribution in [2.45, 2.75) is 25.7 Å². The highest BCUT2D eigenvalue weighted by atomic mass is 16.5. The van der Waals surface area contributed by atoms with E-state index >= 15 is 0 Å². The van der Waals surface area contributed by atoms with Gasteiger partial charge in [0.1, 0.15) is 5.75 Å². The first-order valence-corrected chi connectivity index (χ1v) is 8.55. The average Bonchev–Trinajstić information content (AvgIpc) is 3.45. The van der Waals surface area contributed by atoms with Crippen molar-refractivity contribution in [3.05, 3.63) is 52.4 Å². The van der Waals surface area contributed by atoms with Crippen molar-refractivity contribution in [3.8, 4) is 17.0 Å². The van der Waals surface area contributed by atoms with E-state index in [2.05, 4.69) is 10.3 Å². The zero-order chi connectivity index (χ0) is 18.3. The molecule has 6 nitrogen and oxygen atoms in total. The van der Waals surface area contributed by atoms with Crippen LogP contribution in [0.5, 0.6) is 5.75 Å². The molecule has 132 valence electrons. The number of pyridine rings is 2. The molecule has 2 N–H and O–H groups in total. The minimum absolute atomic E-state index is 0.156. The van der Waals surface area contributed by atoms with Crippen LogP contribution < -0.4 is 15.6 Å². The van der Waals surface area contributed by atoms with E-state index in [9.17, 15) is 9.59 Å². The minimum atomic E-state index is -0.164. The second-order valence-corrected chi connectivity index (χ2v) is 6.53. The number of amides is 1. The van der Waals surface area contributed by atoms with Crippen LogP contribution in [0.4, 0.5) is 5.69 Å². The third-order valence-electron chi connectivity index (χ3n) is 4.58. The summed E-state index contributed by atoms with van der Waals surface area (Å²) in [5.74, 6) is 0.845. The molecule has 0 bridgehead atoms. The highest BCUT2D eigenvalue weighted by Crippen LogP contribution is 2.45. The molecule has 1 amide bonds. The van der Waals surface area contributed by atoms with Crippen LogP contribution in [0.2, 0.25) is 0 Å². The van der Waals surface area contributed by atoms with Crippen molar-refractivity contribution < 1.29 is 9.53 Å². The average molecular weight is 349 g/mol. The summed E-state index contributed by atoms with van der Waals surface area (Å²) in [4.78, 5) is 31.1. The number of hydrogen-bond acceptors (Lipinski definition) is 4.